The van der Waals surface area contributed by atoms with Crippen LogP contribution in [0.25, 0.3) is 5.57 Å². The highest BCUT2D eigenvalue weighted by Crippen LogP contribution is 2.46. The lowest BCUT2D eigenvalue weighted by molar-refractivity contribution is 0.104. The van der Waals surface area contributed by atoms with Crippen LogP contribution in [0.15, 0.2) is 34.8 Å². The second kappa shape index (κ2) is 9.06. The molecule has 2 aromatic rings. The van der Waals surface area contributed by atoms with E-state index in [1.54, 1.807) is 6.07 Å². The molecule has 3 nitrogen and oxygen atoms in total. The summed E-state index contributed by atoms with van der Waals surface area (Å²) in [6.07, 6.45) is 3.29. The second-order valence-corrected chi connectivity index (χ2v) is 10.4. The molecule has 32 heavy (non-hydrogen) atoms. The van der Waals surface area contributed by atoms with E-state index in [1.807, 2.05) is 6.07 Å². The molecule has 4 rings (SSSR count). The molecule has 0 amide bonds. The lowest BCUT2D eigenvalue weighted by atomic mass is 9.80. The predicted octanol–water partition coefficient (Wildman–Crippen LogP) is 6.38. The van der Waals surface area contributed by atoms with E-state index >= 15 is 0 Å². The molecule has 1 saturated heterocycles. The van der Waals surface area contributed by atoms with Crippen LogP contribution in [-0.4, -0.2) is 25.5 Å². The summed E-state index contributed by atoms with van der Waals surface area (Å²) >= 11 is 3.41. The first-order valence-corrected chi connectivity index (χ1v) is 11.9. The highest BCUT2D eigenvalue weighted by atomic mass is 79.9. The first-order chi connectivity index (χ1) is 15.1. The first-order valence-electron chi connectivity index (χ1n) is 11.1. The number of hydrogen-bond donors (Lipinski definition) is 1. The van der Waals surface area contributed by atoms with Gasteiger partial charge in [-0.1, -0.05) is 20.8 Å². The molecule has 170 valence electrons. The molecule has 1 heterocycles. The Morgan fingerprint density at radius 1 is 1.06 bits per heavy atom. The summed E-state index contributed by atoms with van der Waals surface area (Å²) in [6, 6.07) is 7.09. The van der Waals surface area contributed by atoms with Crippen LogP contribution in [0.3, 0.4) is 0 Å². The monoisotopic (exact) mass is 503 g/mol. The van der Waals surface area contributed by atoms with Crippen LogP contribution in [-0.2, 0) is 5.41 Å². The van der Waals surface area contributed by atoms with Gasteiger partial charge in [0, 0.05) is 17.2 Å². The Kier molecular flexibility index (Phi) is 6.55. The van der Waals surface area contributed by atoms with Crippen LogP contribution in [0.2, 0.25) is 0 Å². The molecular formula is C26H28BrF2NO2. The number of ketones is 1. The molecule has 1 aliphatic heterocycles. The van der Waals surface area contributed by atoms with E-state index in [0.717, 1.165) is 44.0 Å². The number of halogens is 3. The van der Waals surface area contributed by atoms with Crippen LogP contribution in [0.5, 0.6) is 5.75 Å². The Hall–Kier alpha value is -2.05. The minimum atomic E-state index is -0.677. The Balaban J connectivity index is 1.71. The van der Waals surface area contributed by atoms with E-state index < -0.39 is 11.6 Å². The number of Topliss-reactive ketones (excluding diaryl/α,β-unsaturated/α-hetero) is 1. The Morgan fingerprint density at radius 3 is 2.34 bits per heavy atom. The van der Waals surface area contributed by atoms with Gasteiger partial charge in [-0.15, -0.1) is 0 Å². The van der Waals surface area contributed by atoms with Gasteiger partial charge in [-0.25, -0.2) is 8.78 Å². The van der Waals surface area contributed by atoms with Crippen molar-refractivity contribution in [1.82, 2.24) is 5.32 Å². The van der Waals surface area contributed by atoms with E-state index in [2.05, 4.69) is 42.0 Å². The number of nitrogens with one attached hydrogen (secondary N) is 1. The minimum Gasteiger partial charge on any atom is -0.494 e. The number of carbonyl (C=O) groups excluding carboxylic acids is 1. The van der Waals surface area contributed by atoms with Crippen molar-refractivity contribution in [2.45, 2.75) is 45.4 Å². The van der Waals surface area contributed by atoms with E-state index in [9.17, 15) is 13.6 Å². The SMILES string of the molecule is CC(C)(C)c1cc(OCCC2CCNCC2)cc2c1C(c1cc(F)cc(F)c1)=C(Br)C2=O. The van der Waals surface area contributed by atoms with Crippen molar-refractivity contribution in [1.29, 1.82) is 0 Å². The summed E-state index contributed by atoms with van der Waals surface area (Å²) in [6.45, 7) is 8.87. The van der Waals surface area contributed by atoms with Gasteiger partial charge in [-0.2, -0.15) is 0 Å². The number of hydrogen-bond acceptors (Lipinski definition) is 3. The number of ether oxygens (including phenoxy) is 1. The van der Waals surface area contributed by atoms with Crippen molar-refractivity contribution < 1.29 is 18.3 Å². The summed E-state index contributed by atoms with van der Waals surface area (Å²) in [5.74, 6) is -0.246. The van der Waals surface area contributed by atoms with Gasteiger partial charge in [0.2, 0.25) is 5.78 Å². The normalized spacial score (nSPS) is 17.1. The molecule has 0 bridgehead atoms. The van der Waals surface area contributed by atoms with Crippen LogP contribution in [0, 0.1) is 17.6 Å². The van der Waals surface area contributed by atoms with Gasteiger partial charge in [0.15, 0.2) is 0 Å². The maximum atomic E-state index is 14.0. The molecule has 2 aliphatic rings. The standard InChI is InChI=1S/C26H28BrF2NO2/c1-26(2,3)21-14-19(32-9-6-15-4-7-30-8-5-15)13-20-23(21)22(24(27)25(20)31)16-10-17(28)12-18(29)11-16/h10-15,30H,4-9H2,1-3H3. The second-order valence-electron chi connectivity index (χ2n) is 9.65. The minimum absolute atomic E-state index is 0.200. The molecular weight excluding hydrogens is 476 g/mol. The van der Waals surface area contributed by atoms with E-state index in [0.29, 0.717) is 45.0 Å². The Morgan fingerprint density at radius 2 is 1.72 bits per heavy atom. The smallest absolute Gasteiger partial charge is 0.201 e. The molecule has 0 spiro atoms. The molecule has 0 atom stereocenters. The number of benzene rings is 2. The lowest BCUT2D eigenvalue weighted by Crippen LogP contribution is -2.28. The van der Waals surface area contributed by atoms with E-state index in [4.69, 9.17) is 4.74 Å². The third-order valence-corrected chi connectivity index (χ3v) is 6.99. The summed E-state index contributed by atoms with van der Waals surface area (Å²) in [7, 11) is 0. The van der Waals surface area contributed by atoms with Gasteiger partial charge >= 0.3 is 0 Å². The third-order valence-electron chi connectivity index (χ3n) is 6.24. The molecule has 0 saturated carbocycles. The molecule has 1 fully saturated rings. The van der Waals surface area contributed by atoms with Gasteiger partial charge in [-0.3, -0.25) is 4.79 Å². The molecule has 1 N–H and O–H groups in total. The van der Waals surface area contributed by atoms with Gasteiger partial charge in [0.1, 0.15) is 17.4 Å². The number of rotatable bonds is 5. The highest BCUT2D eigenvalue weighted by Gasteiger charge is 2.35. The fourth-order valence-electron chi connectivity index (χ4n) is 4.56. The zero-order chi connectivity index (χ0) is 23.0. The molecule has 2 aromatic carbocycles. The molecule has 6 heteroatoms. The average molecular weight is 504 g/mol. The fraction of sp³-hybridized carbons (Fsp3) is 0.423. The summed E-state index contributed by atoms with van der Waals surface area (Å²) in [5.41, 5.74) is 2.68. The van der Waals surface area contributed by atoms with E-state index in [-0.39, 0.29) is 11.2 Å². The van der Waals surface area contributed by atoms with Crippen molar-refractivity contribution in [3.8, 4) is 5.75 Å². The van der Waals surface area contributed by atoms with Crippen LogP contribution in [0.1, 0.15) is 67.1 Å². The van der Waals surface area contributed by atoms with Crippen LogP contribution >= 0.6 is 15.9 Å². The molecule has 1 aliphatic carbocycles. The van der Waals surface area contributed by atoms with Gasteiger partial charge in [0.05, 0.1) is 11.1 Å². The van der Waals surface area contributed by atoms with Crippen LogP contribution in [0.4, 0.5) is 8.78 Å². The van der Waals surface area contributed by atoms with Crippen molar-refractivity contribution in [2.24, 2.45) is 5.92 Å². The largest absolute Gasteiger partial charge is 0.494 e. The van der Waals surface area contributed by atoms with Gasteiger partial charge < -0.3 is 10.1 Å². The van der Waals surface area contributed by atoms with Crippen molar-refractivity contribution in [3.05, 3.63) is 68.7 Å². The number of piperidine rings is 1. The number of carbonyl (C=O) groups is 1. The quantitative estimate of drug-likeness (QED) is 0.514. The third kappa shape index (κ3) is 4.67. The zero-order valence-corrected chi connectivity index (χ0v) is 20.2. The van der Waals surface area contributed by atoms with Crippen molar-refractivity contribution in [2.75, 3.05) is 19.7 Å². The van der Waals surface area contributed by atoms with E-state index in [1.165, 1.54) is 12.1 Å². The average Bonchev–Trinajstić information content (AvgIpc) is 2.97. The Labute approximate surface area is 196 Å². The van der Waals surface area contributed by atoms with Gasteiger partial charge in [0.25, 0.3) is 0 Å². The first kappa shape index (κ1) is 23.1. The summed E-state index contributed by atoms with van der Waals surface area (Å²) in [4.78, 5) is 13.1. The Bertz CT molecular complexity index is 1060. The maximum Gasteiger partial charge on any atom is 0.201 e. The molecule has 0 aromatic heterocycles. The number of allylic oxidation sites excluding steroid dienone is 1. The van der Waals surface area contributed by atoms with Crippen molar-refractivity contribution in [3.63, 3.8) is 0 Å². The fourth-order valence-corrected chi connectivity index (χ4v) is 5.20. The molecule has 0 unspecified atom stereocenters. The number of fused-ring (bicyclic) bond motifs is 1. The zero-order valence-electron chi connectivity index (χ0n) is 18.7. The van der Waals surface area contributed by atoms with Gasteiger partial charge in [-0.05, 0) is 101 Å². The maximum absolute atomic E-state index is 14.0. The predicted molar refractivity (Wildman–Crippen MR) is 126 cm³/mol. The topological polar surface area (TPSA) is 38.3 Å². The lowest BCUT2D eigenvalue weighted by Gasteiger charge is -2.26. The summed E-state index contributed by atoms with van der Waals surface area (Å²) < 4.78 is 34.4. The van der Waals surface area contributed by atoms with Crippen molar-refractivity contribution >= 4 is 27.3 Å². The summed E-state index contributed by atoms with van der Waals surface area (Å²) in [5, 5.41) is 3.37. The van der Waals surface area contributed by atoms with Crippen LogP contribution < -0.4 is 10.1 Å². The highest BCUT2D eigenvalue weighted by molar-refractivity contribution is 9.12. The molecule has 0 radical (unpaired) electrons.